The zero-order valence-electron chi connectivity index (χ0n) is 12.6. The van der Waals surface area contributed by atoms with Gasteiger partial charge in [-0.05, 0) is 33.1 Å². The lowest BCUT2D eigenvalue weighted by atomic mass is 9.75. The second-order valence-corrected chi connectivity index (χ2v) is 6.79. The molecule has 0 aliphatic carbocycles. The van der Waals surface area contributed by atoms with E-state index in [0.717, 1.165) is 0 Å². The summed E-state index contributed by atoms with van der Waals surface area (Å²) in [6, 6.07) is 0. The molecule has 112 valence electrons. The fraction of sp³-hybridized carbons (Fsp3) is 0.929. The third kappa shape index (κ3) is 4.08. The van der Waals surface area contributed by atoms with E-state index < -0.39 is 11.2 Å². The van der Waals surface area contributed by atoms with Gasteiger partial charge in [0.1, 0.15) is 5.60 Å². The molecule has 2 unspecified atom stereocenters. The molecule has 5 nitrogen and oxygen atoms in total. The average Bonchev–Trinajstić information content (AvgIpc) is 2.26. The highest BCUT2D eigenvalue weighted by atomic mass is 16.6. The van der Waals surface area contributed by atoms with Crippen molar-refractivity contribution in [3.63, 3.8) is 0 Å². The third-order valence-corrected chi connectivity index (χ3v) is 3.65. The standard InChI is InChI=1S/C14H27NO4/c1-10(2)11-8-15(7-6-14(11,18)9-16)12(17)19-13(3,4)5/h10-11,16,18H,6-9H2,1-5H3. The Morgan fingerprint density at radius 1 is 1.47 bits per heavy atom. The van der Waals surface area contributed by atoms with Gasteiger partial charge in [0.25, 0.3) is 0 Å². The predicted octanol–water partition coefficient (Wildman–Crippen LogP) is 1.62. The van der Waals surface area contributed by atoms with Crippen LogP contribution in [0.2, 0.25) is 0 Å². The molecular formula is C14H27NO4. The van der Waals surface area contributed by atoms with Crippen LogP contribution in [-0.2, 0) is 4.74 Å². The summed E-state index contributed by atoms with van der Waals surface area (Å²) in [5.74, 6) is 0.0427. The lowest BCUT2D eigenvalue weighted by Crippen LogP contribution is -2.57. The second kappa shape index (κ2) is 5.67. The van der Waals surface area contributed by atoms with Crippen LogP contribution in [0.4, 0.5) is 4.79 Å². The number of hydrogen-bond donors (Lipinski definition) is 2. The number of ether oxygens (including phenoxy) is 1. The van der Waals surface area contributed by atoms with Crippen molar-refractivity contribution >= 4 is 6.09 Å². The quantitative estimate of drug-likeness (QED) is 0.802. The number of carbonyl (C=O) groups is 1. The molecule has 0 aromatic heterocycles. The summed E-state index contributed by atoms with van der Waals surface area (Å²) in [6.45, 7) is 10.0. The average molecular weight is 273 g/mol. The van der Waals surface area contributed by atoms with E-state index in [2.05, 4.69) is 0 Å². The molecule has 0 radical (unpaired) electrons. The van der Waals surface area contributed by atoms with Crippen molar-refractivity contribution in [1.29, 1.82) is 0 Å². The molecule has 2 N–H and O–H groups in total. The van der Waals surface area contributed by atoms with E-state index in [1.54, 1.807) is 4.90 Å². The van der Waals surface area contributed by atoms with Crippen molar-refractivity contribution in [3.8, 4) is 0 Å². The van der Waals surface area contributed by atoms with E-state index in [9.17, 15) is 15.0 Å². The molecule has 19 heavy (non-hydrogen) atoms. The van der Waals surface area contributed by atoms with E-state index in [1.807, 2.05) is 34.6 Å². The van der Waals surface area contributed by atoms with E-state index >= 15 is 0 Å². The van der Waals surface area contributed by atoms with E-state index in [1.165, 1.54) is 0 Å². The summed E-state index contributed by atoms with van der Waals surface area (Å²) >= 11 is 0. The summed E-state index contributed by atoms with van der Waals surface area (Å²) < 4.78 is 5.35. The zero-order chi connectivity index (χ0) is 14.8. The molecule has 1 amide bonds. The molecule has 2 atom stereocenters. The molecule has 1 heterocycles. The molecule has 0 aromatic carbocycles. The van der Waals surface area contributed by atoms with E-state index in [-0.39, 0.29) is 24.5 Å². The van der Waals surface area contributed by atoms with Gasteiger partial charge < -0.3 is 19.8 Å². The molecule has 1 rings (SSSR count). The number of hydrogen-bond acceptors (Lipinski definition) is 4. The van der Waals surface area contributed by atoms with Crippen LogP contribution in [0.15, 0.2) is 0 Å². The molecule has 0 aromatic rings. The highest BCUT2D eigenvalue weighted by molar-refractivity contribution is 5.68. The Balaban J connectivity index is 2.75. The van der Waals surface area contributed by atoms with E-state index in [4.69, 9.17) is 4.74 Å². The number of likely N-dealkylation sites (tertiary alicyclic amines) is 1. The van der Waals surface area contributed by atoms with Crippen molar-refractivity contribution < 1.29 is 19.7 Å². The lowest BCUT2D eigenvalue weighted by molar-refractivity contribution is -0.116. The zero-order valence-corrected chi connectivity index (χ0v) is 12.6. The Kier molecular flexibility index (Phi) is 4.85. The fourth-order valence-electron chi connectivity index (χ4n) is 2.53. The number of piperidine rings is 1. The van der Waals surface area contributed by atoms with Crippen LogP contribution in [0.1, 0.15) is 41.0 Å². The Labute approximate surface area is 115 Å². The van der Waals surface area contributed by atoms with Crippen molar-refractivity contribution in [2.75, 3.05) is 19.7 Å². The van der Waals surface area contributed by atoms with Gasteiger partial charge >= 0.3 is 6.09 Å². The van der Waals surface area contributed by atoms with Gasteiger partial charge in [0.2, 0.25) is 0 Å². The minimum absolute atomic E-state index is 0.140. The Morgan fingerprint density at radius 3 is 2.47 bits per heavy atom. The first-order chi connectivity index (χ1) is 8.59. The summed E-state index contributed by atoms with van der Waals surface area (Å²) in [5, 5.41) is 19.8. The highest BCUT2D eigenvalue weighted by Crippen LogP contribution is 2.33. The summed E-state index contributed by atoms with van der Waals surface area (Å²) in [4.78, 5) is 13.7. The van der Waals surface area contributed by atoms with Crippen LogP contribution in [0.3, 0.4) is 0 Å². The second-order valence-electron chi connectivity index (χ2n) is 6.79. The highest BCUT2D eigenvalue weighted by Gasteiger charge is 2.44. The van der Waals surface area contributed by atoms with Gasteiger partial charge in [-0.3, -0.25) is 0 Å². The number of aliphatic hydroxyl groups is 2. The van der Waals surface area contributed by atoms with Crippen LogP contribution in [-0.4, -0.2) is 52.1 Å². The number of nitrogens with zero attached hydrogens (tertiary/aromatic N) is 1. The normalized spacial score (nSPS) is 28.6. The van der Waals surface area contributed by atoms with Crippen LogP contribution < -0.4 is 0 Å². The van der Waals surface area contributed by atoms with Gasteiger partial charge in [-0.2, -0.15) is 0 Å². The predicted molar refractivity (Wildman–Crippen MR) is 72.8 cm³/mol. The maximum Gasteiger partial charge on any atom is 0.410 e. The minimum Gasteiger partial charge on any atom is -0.444 e. The number of amides is 1. The number of aliphatic hydroxyl groups excluding tert-OH is 1. The third-order valence-electron chi connectivity index (χ3n) is 3.65. The molecule has 1 saturated heterocycles. The summed E-state index contributed by atoms with van der Waals surface area (Å²) in [6.07, 6.45) is 0.0316. The lowest BCUT2D eigenvalue weighted by Gasteiger charge is -2.45. The SMILES string of the molecule is CC(C)C1CN(C(=O)OC(C)(C)C)CCC1(O)CO. The van der Waals surface area contributed by atoms with Gasteiger partial charge in [0, 0.05) is 19.0 Å². The molecule has 1 fully saturated rings. The largest absolute Gasteiger partial charge is 0.444 e. The molecule has 5 heteroatoms. The Morgan fingerprint density at radius 2 is 2.05 bits per heavy atom. The number of rotatable bonds is 2. The van der Waals surface area contributed by atoms with Gasteiger partial charge in [-0.25, -0.2) is 4.79 Å². The fourth-order valence-corrected chi connectivity index (χ4v) is 2.53. The number of carbonyl (C=O) groups excluding carboxylic acids is 1. The first-order valence-corrected chi connectivity index (χ1v) is 6.90. The smallest absolute Gasteiger partial charge is 0.410 e. The maximum atomic E-state index is 12.0. The van der Waals surface area contributed by atoms with E-state index in [0.29, 0.717) is 19.5 Å². The van der Waals surface area contributed by atoms with Crippen LogP contribution in [0.5, 0.6) is 0 Å². The van der Waals surface area contributed by atoms with Crippen molar-refractivity contribution in [1.82, 2.24) is 4.90 Å². The molecule has 1 aliphatic heterocycles. The van der Waals surface area contributed by atoms with Crippen molar-refractivity contribution in [2.24, 2.45) is 11.8 Å². The maximum absolute atomic E-state index is 12.0. The minimum atomic E-state index is -1.09. The van der Waals surface area contributed by atoms with Crippen LogP contribution >= 0.6 is 0 Å². The molecule has 0 spiro atoms. The van der Waals surface area contributed by atoms with Gasteiger partial charge in [-0.15, -0.1) is 0 Å². The topological polar surface area (TPSA) is 70.0 Å². The van der Waals surface area contributed by atoms with Crippen molar-refractivity contribution in [2.45, 2.75) is 52.2 Å². The molecule has 0 bridgehead atoms. The summed E-state index contributed by atoms with van der Waals surface area (Å²) in [5.41, 5.74) is -1.61. The van der Waals surface area contributed by atoms with Crippen LogP contribution in [0, 0.1) is 11.8 Å². The van der Waals surface area contributed by atoms with Crippen LogP contribution in [0.25, 0.3) is 0 Å². The summed E-state index contributed by atoms with van der Waals surface area (Å²) in [7, 11) is 0. The first kappa shape index (κ1) is 16.2. The van der Waals surface area contributed by atoms with Gasteiger partial charge in [0.15, 0.2) is 0 Å². The first-order valence-electron chi connectivity index (χ1n) is 6.90. The molecule has 0 saturated carbocycles. The monoisotopic (exact) mass is 273 g/mol. The van der Waals surface area contributed by atoms with Gasteiger partial charge in [0.05, 0.1) is 12.2 Å². The molecule has 1 aliphatic rings. The van der Waals surface area contributed by atoms with Crippen molar-refractivity contribution in [3.05, 3.63) is 0 Å². The van der Waals surface area contributed by atoms with Gasteiger partial charge in [-0.1, -0.05) is 13.8 Å². The molecular weight excluding hydrogens is 246 g/mol. The Hall–Kier alpha value is -0.810. The Bertz CT molecular complexity index is 324.